The number of carbonyl (C=O) groups is 1. The van der Waals surface area contributed by atoms with Gasteiger partial charge in [0, 0.05) is 6.42 Å². The van der Waals surface area contributed by atoms with Crippen LogP contribution in [0.1, 0.15) is 17.5 Å². The van der Waals surface area contributed by atoms with E-state index in [9.17, 15) is 4.79 Å². The van der Waals surface area contributed by atoms with E-state index < -0.39 is 5.54 Å². The van der Waals surface area contributed by atoms with Gasteiger partial charge >= 0.3 is 5.97 Å². The minimum atomic E-state index is -0.895. The Hall–Kier alpha value is -1.55. The van der Waals surface area contributed by atoms with Crippen molar-refractivity contribution >= 4 is 5.97 Å². The van der Waals surface area contributed by atoms with Crippen LogP contribution in [-0.2, 0) is 22.4 Å². The third-order valence-electron chi connectivity index (χ3n) is 3.35. The highest BCUT2D eigenvalue weighted by Gasteiger charge is 2.38. The predicted octanol–water partition coefficient (Wildman–Crippen LogP) is 1.05. The SMILES string of the molecule is COC(=O)C1(N)CCc2ccc(OC)cc2C1. The number of benzene rings is 1. The third kappa shape index (κ3) is 2.13. The molecule has 1 aromatic carbocycles. The monoisotopic (exact) mass is 235 g/mol. The molecule has 1 aliphatic rings. The summed E-state index contributed by atoms with van der Waals surface area (Å²) >= 11 is 0. The molecule has 2 rings (SSSR count). The molecule has 4 heteroatoms. The molecule has 17 heavy (non-hydrogen) atoms. The molecule has 0 heterocycles. The predicted molar refractivity (Wildman–Crippen MR) is 64.0 cm³/mol. The van der Waals surface area contributed by atoms with Crippen LogP contribution in [0.3, 0.4) is 0 Å². The van der Waals surface area contributed by atoms with Crippen molar-refractivity contribution in [2.75, 3.05) is 14.2 Å². The smallest absolute Gasteiger partial charge is 0.326 e. The van der Waals surface area contributed by atoms with Gasteiger partial charge in [0.2, 0.25) is 0 Å². The van der Waals surface area contributed by atoms with Gasteiger partial charge in [-0.1, -0.05) is 6.07 Å². The van der Waals surface area contributed by atoms with E-state index in [1.165, 1.54) is 12.7 Å². The zero-order valence-electron chi connectivity index (χ0n) is 10.2. The molecule has 0 saturated carbocycles. The summed E-state index contributed by atoms with van der Waals surface area (Å²) in [7, 11) is 3.00. The van der Waals surface area contributed by atoms with E-state index in [0.29, 0.717) is 12.8 Å². The first-order valence-electron chi connectivity index (χ1n) is 5.62. The van der Waals surface area contributed by atoms with Crippen molar-refractivity contribution in [3.63, 3.8) is 0 Å². The van der Waals surface area contributed by atoms with E-state index in [2.05, 4.69) is 0 Å². The number of rotatable bonds is 2. The molecule has 0 amide bonds. The molecule has 1 atom stereocenters. The molecular formula is C13H17NO3. The maximum absolute atomic E-state index is 11.7. The minimum Gasteiger partial charge on any atom is -0.497 e. The summed E-state index contributed by atoms with van der Waals surface area (Å²) in [6.07, 6.45) is 1.93. The van der Waals surface area contributed by atoms with Crippen LogP contribution in [0.4, 0.5) is 0 Å². The molecule has 1 aliphatic carbocycles. The topological polar surface area (TPSA) is 61.5 Å². The molecular weight excluding hydrogens is 218 g/mol. The Balaban J connectivity index is 2.31. The molecule has 92 valence electrons. The molecule has 1 aromatic rings. The lowest BCUT2D eigenvalue weighted by molar-refractivity contribution is -0.147. The normalized spacial score (nSPS) is 22.8. The highest BCUT2D eigenvalue weighted by atomic mass is 16.5. The summed E-state index contributed by atoms with van der Waals surface area (Å²) in [6, 6.07) is 5.91. The Bertz CT molecular complexity index is 444. The fourth-order valence-corrected chi connectivity index (χ4v) is 2.30. The Kier molecular flexibility index (Phi) is 3.07. The van der Waals surface area contributed by atoms with Crippen LogP contribution in [0.15, 0.2) is 18.2 Å². The van der Waals surface area contributed by atoms with Gasteiger partial charge in [0.05, 0.1) is 14.2 Å². The van der Waals surface area contributed by atoms with Gasteiger partial charge in [-0.15, -0.1) is 0 Å². The molecule has 2 N–H and O–H groups in total. The van der Waals surface area contributed by atoms with Crippen molar-refractivity contribution in [3.05, 3.63) is 29.3 Å². The summed E-state index contributed by atoms with van der Waals surface area (Å²) in [5, 5.41) is 0. The maximum Gasteiger partial charge on any atom is 0.326 e. The quantitative estimate of drug-likeness (QED) is 0.778. The summed E-state index contributed by atoms with van der Waals surface area (Å²) in [4.78, 5) is 11.7. The number of nitrogens with two attached hydrogens (primary N) is 1. The van der Waals surface area contributed by atoms with Gasteiger partial charge in [-0.05, 0) is 36.1 Å². The molecule has 0 spiro atoms. The highest BCUT2D eigenvalue weighted by Crippen LogP contribution is 2.30. The van der Waals surface area contributed by atoms with Crippen molar-refractivity contribution in [2.45, 2.75) is 24.8 Å². The fourth-order valence-electron chi connectivity index (χ4n) is 2.30. The maximum atomic E-state index is 11.7. The van der Waals surface area contributed by atoms with Crippen LogP contribution in [-0.4, -0.2) is 25.7 Å². The number of hydrogen-bond acceptors (Lipinski definition) is 4. The number of carbonyl (C=O) groups excluding carboxylic acids is 1. The summed E-state index contributed by atoms with van der Waals surface area (Å²) < 4.78 is 9.95. The minimum absolute atomic E-state index is 0.342. The Morgan fingerprint density at radius 2 is 2.12 bits per heavy atom. The van der Waals surface area contributed by atoms with Gasteiger partial charge < -0.3 is 15.2 Å². The highest BCUT2D eigenvalue weighted by molar-refractivity contribution is 5.81. The van der Waals surface area contributed by atoms with Gasteiger partial charge in [-0.2, -0.15) is 0 Å². The summed E-state index contributed by atoms with van der Waals surface area (Å²) in [5.74, 6) is 0.448. The largest absolute Gasteiger partial charge is 0.497 e. The van der Waals surface area contributed by atoms with Crippen LogP contribution in [0, 0.1) is 0 Å². The van der Waals surface area contributed by atoms with E-state index >= 15 is 0 Å². The second kappa shape index (κ2) is 4.37. The first kappa shape index (κ1) is 11.9. The van der Waals surface area contributed by atoms with Gasteiger partial charge in [0.1, 0.15) is 11.3 Å². The first-order valence-corrected chi connectivity index (χ1v) is 5.62. The fraction of sp³-hybridized carbons (Fsp3) is 0.462. The lowest BCUT2D eigenvalue weighted by atomic mass is 9.78. The molecule has 0 aliphatic heterocycles. The second-order valence-electron chi connectivity index (χ2n) is 4.46. The lowest BCUT2D eigenvalue weighted by Gasteiger charge is -2.32. The number of esters is 1. The van der Waals surface area contributed by atoms with Gasteiger partial charge in [-0.3, -0.25) is 4.79 Å². The van der Waals surface area contributed by atoms with E-state index in [1.807, 2.05) is 18.2 Å². The van der Waals surface area contributed by atoms with E-state index in [4.69, 9.17) is 15.2 Å². The number of ether oxygens (including phenoxy) is 2. The number of hydrogen-bond donors (Lipinski definition) is 1. The van der Waals surface area contributed by atoms with Gasteiger partial charge in [0.25, 0.3) is 0 Å². The zero-order valence-corrected chi connectivity index (χ0v) is 10.2. The van der Waals surface area contributed by atoms with Crippen LogP contribution < -0.4 is 10.5 Å². The van der Waals surface area contributed by atoms with E-state index in [1.54, 1.807) is 7.11 Å². The van der Waals surface area contributed by atoms with Gasteiger partial charge in [0.15, 0.2) is 0 Å². The average molecular weight is 235 g/mol. The van der Waals surface area contributed by atoms with Crippen molar-refractivity contribution in [2.24, 2.45) is 5.73 Å². The van der Waals surface area contributed by atoms with E-state index in [0.717, 1.165) is 17.7 Å². The molecule has 1 unspecified atom stereocenters. The summed E-state index contributed by atoms with van der Waals surface area (Å²) in [6.45, 7) is 0. The standard InChI is InChI=1S/C13H17NO3/c1-16-11-4-3-9-5-6-13(14,12(15)17-2)8-10(9)7-11/h3-4,7H,5-6,8,14H2,1-2H3. The Morgan fingerprint density at radius 1 is 1.35 bits per heavy atom. The van der Waals surface area contributed by atoms with E-state index in [-0.39, 0.29) is 5.97 Å². The zero-order chi connectivity index (χ0) is 12.5. The molecule has 0 fully saturated rings. The first-order chi connectivity index (χ1) is 8.09. The van der Waals surface area contributed by atoms with Crippen LogP contribution in [0.25, 0.3) is 0 Å². The third-order valence-corrected chi connectivity index (χ3v) is 3.35. The van der Waals surface area contributed by atoms with Crippen molar-refractivity contribution < 1.29 is 14.3 Å². The van der Waals surface area contributed by atoms with Crippen molar-refractivity contribution in [1.82, 2.24) is 0 Å². The molecule has 0 aromatic heterocycles. The molecule has 0 bridgehead atoms. The number of aryl methyl sites for hydroxylation is 1. The number of methoxy groups -OCH3 is 2. The van der Waals surface area contributed by atoms with Crippen LogP contribution >= 0.6 is 0 Å². The van der Waals surface area contributed by atoms with Crippen LogP contribution in [0.5, 0.6) is 5.75 Å². The summed E-state index contributed by atoms with van der Waals surface area (Å²) in [5.41, 5.74) is 7.51. The lowest BCUT2D eigenvalue weighted by Crippen LogP contribution is -2.52. The Morgan fingerprint density at radius 3 is 2.76 bits per heavy atom. The average Bonchev–Trinajstić information content (AvgIpc) is 2.36. The Labute approximate surface area is 101 Å². The van der Waals surface area contributed by atoms with Crippen molar-refractivity contribution in [3.8, 4) is 5.75 Å². The number of fused-ring (bicyclic) bond motifs is 1. The van der Waals surface area contributed by atoms with Gasteiger partial charge in [-0.25, -0.2) is 0 Å². The molecule has 0 radical (unpaired) electrons. The van der Waals surface area contributed by atoms with Crippen LogP contribution in [0.2, 0.25) is 0 Å². The molecule has 0 saturated heterocycles. The van der Waals surface area contributed by atoms with Crippen molar-refractivity contribution in [1.29, 1.82) is 0 Å². The molecule has 4 nitrogen and oxygen atoms in total. The second-order valence-corrected chi connectivity index (χ2v) is 4.46.